The largest absolute Gasteiger partial charge is 0.464 e. The van der Waals surface area contributed by atoms with Crippen LogP contribution in [0.3, 0.4) is 0 Å². The lowest BCUT2D eigenvalue weighted by molar-refractivity contribution is 0.0596. The van der Waals surface area contributed by atoms with E-state index in [1.807, 2.05) is 13.8 Å². The fourth-order valence-corrected chi connectivity index (χ4v) is 2.28. The first-order valence-corrected chi connectivity index (χ1v) is 6.16. The second-order valence-corrected chi connectivity index (χ2v) is 4.71. The van der Waals surface area contributed by atoms with Crippen molar-refractivity contribution in [2.45, 2.75) is 20.3 Å². The molecule has 0 saturated heterocycles. The van der Waals surface area contributed by atoms with E-state index < -0.39 is 5.97 Å². The molecule has 0 amide bonds. The summed E-state index contributed by atoms with van der Waals surface area (Å²) in [5, 5.41) is 9.37. The normalized spacial score (nSPS) is 10.6. The van der Waals surface area contributed by atoms with Gasteiger partial charge >= 0.3 is 5.97 Å². The molecule has 0 spiro atoms. The summed E-state index contributed by atoms with van der Waals surface area (Å²) in [6, 6.07) is 0. The number of imidazole rings is 1. The summed E-state index contributed by atoms with van der Waals surface area (Å²) in [4.78, 5) is 15.7. The number of aryl methyl sites for hydroxylation is 2. The lowest BCUT2D eigenvalue weighted by Crippen LogP contribution is -2.07. The summed E-state index contributed by atoms with van der Waals surface area (Å²) in [5.41, 5.74) is 6.05. The molecule has 0 unspecified atom stereocenters. The Balaban J connectivity index is 2.59. The van der Waals surface area contributed by atoms with Crippen LogP contribution in [-0.2, 0) is 11.2 Å². The highest BCUT2D eigenvalue weighted by Crippen LogP contribution is 2.24. The maximum absolute atomic E-state index is 11.5. The highest BCUT2D eigenvalue weighted by molar-refractivity contribution is 7.13. The molecule has 0 radical (unpaired) electrons. The van der Waals surface area contributed by atoms with Gasteiger partial charge in [-0.1, -0.05) is 18.3 Å². The third kappa shape index (κ3) is 1.94. The predicted octanol–water partition coefficient (Wildman–Crippen LogP) is 0.963. The Morgan fingerprint density at radius 2 is 2.22 bits per heavy atom. The molecule has 0 aliphatic heterocycles. The Labute approximate surface area is 108 Å². The van der Waals surface area contributed by atoms with Crippen molar-refractivity contribution in [2.24, 2.45) is 0 Å². The zero-order valence-corrected chi connectivity index (χ0v) is 11.1. The molecule has 2 heterocycles. The van der Waals surface area contributed by atoms with E-state index in [2.05, 4.69) is 19.9 Å². The lowest BCUT2D eigenvalue weighted by atomic mass is 10.4. The van der Waals surface area contributed by atoms with Gasteiger partial charge in [-0.2, -0.15) is 0 Å². The van der Waals surface area contributed by atoms with E-state index in [4.69, 9.17) is 5.73 Å². The molecule has 8 heteroatoms. The second kappa shape index (κ2) is 4.73. The SMILES string of the molecule is CCc1nc(C(=O)OC)c(N)n1-c1nnc(C)s1. The number of nitrogens with zero attached hydrogens (tertiary/aromatic N) is 4. The molecule has 0 aromatic carbocycles. The van der Waals surface area contributed by atoms with E-state index in [1.165, 1.54) is 18.4 Å². The molecule has 0 aliphatic carbocycles. The molecular formula is C10H13N5O2S. The first kappa shape index (κ1) is 12.5. The zero-order chi connectivity index (χ0) is 13.3. The van der Waals surface area contributed by atoms with Gasteiger partial charge in [-0.25, -0.2) is 9.78 Å². The topological polar surface area (TPSA) is 95.9 Å². The van der Waals surface area contributed by atoms with Gasteiger partial charge in [-0.05, 0) is 6.92 Å². The number of methoxy groups -OCH3 is 1. The maximum Gasteiger partial charge on any atom is 0.360 e. The van der Waals surface area contributed by atoms with E-state index in [1.54, 1.807) is 4.57 Å². The van der Waals surface area contributed by atoms with Gasteiger partial charge in [-0.15, -0.1) is 10.2 Å². The van der Waals surface area contributed by atoms with Crippen LogP contribution in [0, 0.1) is 6.92 Å². The minimum Gasteiger partial charge on any atom is -0.464 e. The van der Waals surface area contributed by atoms with E-state index in [0.717, 1.165) is 5.01 Å². The lowest BCUT2D eigenvalue weighted by Gasteiger charge is -2.02. The van der Waals surface area contributed by atoms with Crippen molar-refractivity contribution < 1.29 is 9.53 Å². The number of rotatable bonds is 3. The van der Waals surface area contributed by atoms with Gasteiger partial charge in [-0.3, -0.25) is 4.57 Å². The molecule has 0 aliphatic rings. The van der Waals surface area contributed by atoms with Crippen LogP contribution >= 0.6 is 11.3 Å². The Morgan fingerprint density at radius 3 is 2.72 bits per heavy atom. The van der Waals surface area contributed by atoms with Gasteiger partial charge in [0.2, 0.25) is 5.13 Å². The van der Waals surface area contributed by atoms with Crippen molar-refractivity contribution in [1.82, 2.24) is 19.7 Å². The quantitative estimate of drug-likeness (QED) is 0.832. The maximum atomic E-state index is 11.5. The number of hydrogen-bond acceptors (Lipinski definition) is 7. The van der Waals surface area contributed by atoms with Crippen molar-refractivity contribution in [3.05, 3.63) is 16.5 Å². The van der Waals surface area contributed by atoms with E-state index >= 15 is 0 Å². The predicted molar refractivity (Wildman–Crippen MR) is 66.9 cm³/mol. The van der Waals surface area contributed by atoms with Crippen molar-refractivity contribution >= 4 is 23.1 Å². The number of nitrogen functional groups attached to an aromatic ring is 1. The number of ether oxygens (including phenoxy) is 1. The molecule has 96 valence electrons. The Bertz CT molecular complexity index is 589. The van der Waals surface area contributed by atoms with Crippen LogP contribution in [0.4, 0.5) is 5.82 Å². The second-order valence-electron chi connectivity index (χ2n) is 3.55. The summed E-state index contributed by atoms with van der Waals surface area (Å²) in [6.07, 6.45) is 0.625. The first-order chi connectivity index (χ1) is 8.58. The number of hydrogen-bond donors (Lipinski definition) is 1. The standard InChI is InChI=1S/C10H13N5O2S/c1-4-6-12-7(9(16)17-3)8(11)15(6)10-14-13-5(2)18-10/h4,11H2,1-3H3. The van der Waals surface area contributed by atoms with Crippen LogP contribution < -0.4 is 5.73 Å². The van der Waals surface area contributed by atoms with Crippen LogP contribution in [-0.4, -0.2) is 32.8 Å². The molecular weight excluding hydrogens is 254 g/mol. The minimum atomic E-state index is -0.554. The average molecular weight is 267 g/mol. The smallest absolute Gasteiger partial charge is 0.360 e. The molecule has 0 bridgehead atoms. The average Bonchev–Trinajstić information content (AvgIpc) is 2.91. The first-order valence-electron chi connectivity index (χ1n) is 5.34. The van der Waals surface area contributed by atoms with E-state index in [-0.39, 0.29) is 11.5 Å². The molecule has 2 rings (SSSR count). The van der Waals surface area contributed by atoms with Crippen molar-refractivity contribution in [2.75, 3.05) is 12.8 Å². The van der Waals surface area contributed by atoms with E-state index in [0.29, 0.717) is 17.4 Å². The van der Waals surface area contributed by atoms with Crippen LogP contribution in [0.15, 0.2) is 0 Å². The number of carbonyl (C=O) groups excluding carboxylic acids is 1. The fraction of sp³-hybridized carbons (Fsp3) is 0.400. The molecule has 2 aromatic heterocycles. The monoisotopic (exact) mass is 267 g/mol. The molecule has 0 atom stereocenters. The highest BCUT2D eigenvalue weighted by Gasteiger charge is 2.22. The van der Waals surface area contributed by atoms with Crippen molar-refractivity contribution in [1.29, 1.82) is 0 Å². The van der Waals surface area contributed by atoms with Crippen LogP contribution in [0.25, 0.3) is 5.13 Å². The van der Waals surface area contributed by atoms with Gasteiger partial charge in [0.15, 0.2) is 5.69 Å². The summed E-state index contributed by atoms with van der Waals surface area (Å²) >= 11 is 1.39. The number of carbonyl (C=O) groups is 1. The molecule has 2 N–H and O–H groups in total. The van der Waals surface area contributed by atoms with Gasteiger partial charge in [0.25, 0.3) is 0 Å². The van der Waals surface area contributed by atoms with E-state index in [9.17, 15) is 4.79 Å². The third-order valence-electron chi connectivity index (χ3n) is 2.38. The molecule has 7 nitrogen and oxygen atoms in total. The van der Waals surface area contributed by atoms with Gasteiger partial charge in [0.1, 0.15) is 16.6 Å². The summed E-state index contributed by atoms with van der Waals surface area (Å²) in [5.74, 6) is 0.334. The van der Waals surface area contributed by atoms with Crippen molar-refractivity contribution in [3.8, 4) is 5.13 Å². The summed E-state index contributed by atoms with van der Waals surface area (Å²) in [7, 11) is 1.29. The molecule has 2 aromatic rings. The van der Waals surface area contributed by atoms with Crippen LogP contribution in [0.5, 0.6) is 0 Å². The fourth-order valence-electron chi connectivity index (χ4n) is 1.56. The number of nitrogens with two attached hydrogens (primary N) is 1. The summed E-state index contributed by atoms with van der Waals surface area (Å²) < 4.78 is 6.28. The minimum absolute atomic E-state index is 0.113. The molecule has 18 heavy (non-hydrogen) atoms. The highest BCUT2D eigenvalue weighted by atomic mass is 32.1. The number of anilines is 1. The number of aromatic nitrogens is 4. The van der Waals surface area contributed by atoms with Gasteiger partial charge < -0.3 is 10.5 Å². The Morgan fingerprint density at radius 1 is 1.50 bits per heavy atom. The summed E-state index contributed by atoms with van der Waals surface area (Å²) in [6.45, 7) is 3.77. The van der Waals surface area contributed by atoms with Crippen LogP contribution in [0.1, 0.15) is 28.2 Å². The van der Waals surface area contributed by atoms with Gasteiger partial charge in [0.05, 0.1) is 7.11 Å². The zero-order valence-electron chi connectivity index (χ0n) is 10.3. The third-order valence-corrected chi connectivity index (χ3v) is 3.21. The molecule has 0 saturated carbocycles. The van der Waals surface area contributed by atoms with Crippen LogP contribution in [0.2, 0.25) is 0 Å². The number of esters is 1. The Kier molecular flexibility index (Phi) is 3.28. The van der Waals surface area contributed by atoms with Gasteiger partial charge in [0, 0.05) is 6.42 Å². The molecule has 0 fully saturated rings. The Hall–Kier alpha value is -1.96. The van der Waals surface area contributed by atoms with Crippen molar-refractivity contribution in [3.63, 3.8) is 0 Å².